The molecule has 0 saturated heterocycles. The molecule has 1 N–H and O–H groups in total. The van der Waals surface area contributed by atoms with Gasteiger partial charge in [-0.3, -0.25) is 0 Å². The Morgan fingerprint density at radius 3 is 2.65 bits per heavy atom. The molecule has 2 nitrogen and oxygen atoms in total. The van der Waals surface area contributed by atoms with Crippen molar-refractivity contribution in [2.75, 3.05) is 13.6 Å². The van der Waals surface area contributed by atoms with E-state index in [0.717, 1.165) is 25.1 Å². The largest absolute Gasteiger partial charge is 0.486 e. The van der Waals surface area contributed by atoms with Crippen molar-refractivity contribution in [1.82, 2.24) is 5.32 Å². The van der Waals surface area contributed by atoms with Crippen LogP contribution in [-0.4, -0.2) is 19.2 Å². The number of benzene rings is 1. The Kier molecular flexibility index (Phi) is 3.17. The molecule has 2 rings (SSSR count). The predicted molar refractivity (Wildman–Crippen MR) is 71.9 cm³/mol. The molecule has 0 amide bonds. The molecule has 0 aromatic heterocycles. The first-order valence-electron chi connectivity index (χ1n) is 6.40. The topological polar surface area (TPSA) is 21.3 Å². The Morgan fingerprint density at radius 1 is 1.29 bits per heavy atom. The lowest BCUT2D eigenvalue weighted by atomic mass is 9.87. The third-order valence-electron chi connectivity index (χ3n) is 3.91. The van der Waals surface area contributed by atoms with Crippen molar-refractivity contribution >= 4 is 0 Å². The molecule has 1 aromatic carbocycles. The summed E-state index contributed by atoms with van der Waals surface area (Å²) in [5, 5.41) is 3.23. The number of ether oxygens (including phenoxy) is 1. The first kappa shape index (κ1) is 12.4. The fourth-order valence-corrected chi connectivity index (χ4v) is 2.77. The zero-order valence-corrected chi connectivity index (χ0v) is 11.6. The summed E-state index contributed by atoms with van der Waals surface area (Å²) in [4.78, 5) is 0. The summed E-state index contributed by atoms with van der Waals surface area (Å²) >= 11 is 0. The van der Waals surface area contributed by atoms with Crippen molar-refractivity contribution in [2.24, 2.45) is 0 Å². The highest BCUT2D eigenvalue weighted by molar-refractivity contribution is 5.50. The fraction of sp³-hybridized carbons (Fsp3) is 0.600. The standard InChI is InChI=1S/C15H23NO/c1-10-8-11(2)14-13(12(10)3)6-7-15(4,17-14)9-16-5/h8,16H,6-7,9H2,1-5H3. The van der Waals surface area contributed by atoms with Crippen LogP contribution in [0, 0.1) is 20.8 Å². The number of hydrogen-bond acceptors (Lipinski definition) is 2. The van der Waals surface area contributed by atoms with Gasteiger partial charge < -0.3 is 10.1 Å². The number of rotatable bonds is 2. The maximum Gasteiger partial charge on any atom is 0.126 e. The normalized spacial score (nSPS) is 23.1. The van der Waals surface area contributed by atoms with Gasteiger partial charge in [-0.05, 0) is 69.8 Å². The number of nitrogens with one attached hydrogen (secondary N) is 1. The van der Waals surface area contributed by atoms with Crippen molar-refractivity contribution < 1.29 is 4.74 Å². The molecule has 0 radical (unpaired) electrons. The number of likely N-dealkylation sites (N-methyl/N-ethyl adjacent to an activating group) is 1. The lowest BCUT2D eigenvalue weighted by molar-refractivity contribution is 0.0656. The minimum absolute atomic E-state index is 0.0613. The minimum Gasteiger partial charge on any atom is -0.486 e. The monoisotopic (exact) mass is 233 g/mol. The van der Waals surface area contributed by atoms with E-state index in [1.165, 1.54) is 22.3 Å². The third kappa shape index (κ3) is 2.19. The SMILES string of the molecule is CNCC1(C)CCc2c(C)c(C)cc(C)c2O1. The van der Waals surface area contributed by atoms with Crippen LogP contribution in [0.4, 0.5) is 0 Å². The van der Waals surface area contributed by atoms with Crippen molar-refractivity contribution in [2.45, 2.75) is 46.1 Å². The molecule has 94 valence electrons. The van der Waals surface area contributed by atoms with Gasteiger partial charge in [0, 0.05) is 6.54 Å². The highest BCUT2D eigenvalue weighted by Gasteiger charge is 2.32. The van der Waals surface area contributed by atoms with Gasteiger partial charge in [0.05, 0.1) is 0 Å². The average Bonchev–Trinajstić information content (AvgIpc) is 2.26. The lowest BCUT2D eigenvalue weighted by Crippen LogP contribution is -2.44. The Morgan fingerprint density at radius 2 is 2.00 bits per heavy atom. The summed E-state index contributed by atoms with van der Waals surface area (Å²) in [5.74, 6) is 1.12. The summed E-state index contributed by atoms with van der Waals surface area (Å²) < 4.78 is 6.26. The van der Waals surface area contributed by atoms with E-state index in [1.807, 2.05) is 7.05 Å². The fourth-order valence-electron chi connectivity index (χ4n) is 2.77. The molecule has 1 aliphatic rings. The van der Waals surface area contributed by atoms with Gasteiger partial charge in [-0.1, -0.05) is 6.07 Å². The van der Waals surface area contributed by atoms with E-state index in [-0.39, 0.29) is 5.60 Å². The molecule has 0 fully saturated rings. The van der Waals surface area contributed by atoms with Crippen molar-refractivity contribution in [3.8, 4) is 5.75 Å². The molecule has 0 saturated carbocycles. The molecule has 1 unspecified atom stereocenters. The zero-order chi connectivity index (χ0) is 12.6. The molecule has 0 bridgehead atoms. The van der Waals surface area contributed by atoms with Crippen LogP contribution >= 0.6 is 0 Å². The first-order chi connectivity index (χ1) is 7.97. The number of fused-ring (bicyclic) bond motifs is 1. The lowest BCUT2D eigenvalue weighted by Gasteiger charge is -2.37. The molecule has 0 aliphatic carbocycles. The molecule has 0 spiro atoms. The van der Waals surface area contributed by atoms with Crippen molar-refractivity contribution in [3.63, 3.8) is 0 Å². The summed E-state index contributed by atoms with van der Waals surface area (Å²) in [7, 11) is 1.98. The Hall–Kier alpha value is -1.02. The van der Waals surface area contributed by atoms with Gasteiger partial charge in [0.25, 0.3) is 0 Å². The third-order valence-corrected chi connectivity index (χ3v) is 3.91. The minimum atomic E-state index is -0.0613. The van der Waals surface area contributed by atoms with Crippen LogP contribution in [0.2, 0.25) is 0 Å². The quantitative estimate of drug-likeness (QED) is 0.848. The van der Waals surface area contributed by atoms with Crippen LogP contribution in [0.15, 0.2) is 6.07 Å². The van der Waals surface area contributed by atoms with Gasteiger partial charge in [-0.15, -0.1) is 0 Å². The van der Waals surface area contributed by atoms with E-state index in [2.05, 4.69) is 39.1 Å². The number of hydrogen-bond donors (Lipinski definition) is 1. The van der Waals surface area contributed by atoms with Crippen LogP contribution in [-0.2, 0) is 6.42 Å². The molecule has 1 heterocycles. The second-order valence-electron chi connectivity index (χ2n) is 5.53. The van der Waals surface area contributed by atoms with Gasteiger partial charge in [0.2, 0.25) is 0 Å². The van der Waals surface area contributed by atoms with Crippen LogP contribution in [0.3, 0.4) is 0 Å². The average molecular weight is 233 g/mol. The maximum atomic E-state index is 6.26. The summed E-state index contributed by atoms with van der Waals surface area (Å²) in [5.41, 5.74) is 5.40. The smallest absolute Gasteiger partial charge is 0.126 e. The van der Waals surface area contributed by atoms with Gasteiger partial charge in [0.1, 0.15) is 11.4 Å². The summed E-state index contributed by atoms with van der Waals surface area (Å²) in [6.07, 6.45) is 2.21. The van der Waals surface area contributed by atoms with E-state index >= 15 is 0 Å². The molecule has 1 atom stereocenters. The number of aryl methyl sites for hydroxylation is 2. The van der Waals surface area contributed by atoms with Gasteiger partial charge >= 0.3 is 0 Å². The second kappa shape index (κ2) is 4.34. The predicted octanol–water partition coefficient (Wildman–Crippen LogP) is 2.91. The molecule has 1 aromatic rings. The molecular weight excluding hydrogens is 210 g/mol. The summed E-state index contributed by atoms with van der Waals surface area (Å²) in [6, 6.07) is 2.24. The molecular formula is C15H23NO. The Labute approximate surface area is 104 Å². The van der Waals surface area contributed by atoms with Crippen molar-refractivity contribution in [1.29, 1.82) is 0 Å². The first-order valence-corrected chi connectivity index (χ1v) is 6.40. The molecule has 2 heteroatoms. The second-order valence-corrected chi connectivity index (χ2v) is 5.53. The van der Waals surface area contributed by atoms with E-state index in [9.17, 15) is 0 Å². The Balaban J connectivity index is 2.42. The van der Waals surface area contributed by atoms with E-state index in [4.69, 9.17) is 4.74 Å². The molecule has 1 aliphatic heterocycles. The highest BCUT2D eigenvalue weighted by atomic mass is 16.5. The van der Waals surface area contributed by atoms with Crippen LogP contribution < -0.4 is 10.1 Å². The Bertz CT molecular complexity index is 439. The summed E-state index contributed by atoms with van der Waals surface area (Å²) in [6.45, 7) is 9.64. The van der Waals surface area contributed by atoms with Gasteiger partial charge in [0.15, 0.2) is 0 Å². The van der Waals surface area contributed by atoms with Crippen LogP contribution in [0.5, 0.6) is 5.75 Å². The van der Waals surface area contributed by atoms with E-state index in [0.29, 0.717) is 0 Å². The molecule has 17 heavy (non-hydrogen) atoms. The van der Waals surface area contributed by atoms with Gasteiger partial charge in [-0.2, -0.15) is 0 Å². The van der Waals surface area contributed by atoms with Gasteiger partial charge in [-0.25, -0.2) is 0 Å². The van der Waals surface area contributed by atoms with E-state index in [1.54, 1.807) is 0 Å². The van der Waals surface area contributed by atoms with Crippen LogP contribution in [0.25, 0.3) is 0 Å². The zero-order valence-electron chi connectivity index (χ0n) is 11.6. The maximum absolute atomic E-state index is 6.26. The van der Waals surface area contributed by atoms with Crippen molar-refractivity contribution in [3.05, 3.63) is 28.3 Å². The van der Waals surface area contributed by atoms with Crippen LogP contribution in [0.1, 0.15) is 35.6 Å². The highest BCUT2D eigenvalue weighted by Crippen LogP contribution is 2.38. The van der Waals surface area contributed by atoms with E-state index < -0.39 is 0 Å².